The zero-order valence-electron chi connectivity index (χ0n) is 12.3. The number of ether oxygens (including phenoxy) is 1. The Morgan fingerprint density at radius 1 is 1.24 bits per heavy atom. The summed E-state index contributed by atoms with van der Waals surface area (Å²) in [4.78, 5) is 5.07. The molecule has 2 heterocycles. The Morgan fingerprint density at radius 3 is 3.00 bits per heavy atom. The van der Waals surface area contributed by atoms with Crippen molar-refractivity contribution >= 4 is 12.6 Å². The summed E-state index contributed by atoms with van der Waals surface area (Å²) in [5, 5.41) is 18.3. The summed E-state index contributed by atoms with van der Waals surface area (Å²) in [5.74, 6) is 0.695. The van der Waals surface area contributed by atoms with Crippen molar-refractivity contribution in [2.45, 2.75) is 18.9 Å². The molecule has 1 atom stereocenters. The lowest BCUT2D eigenvalue weighted by molar-refractivity contribution is 0.0923. The normalized spacial score (nSPS) is 23.0. The van der Waals surface area contributed by atoms with Crippen LogP contribution < -0.4 is 10.2 Å². The van der Waals surface area contributed by atoms with Crippen LogP contribution in [0, 0.1) is 0 Å². The average Bonchev–Trinajstić information content (AvgIpc) is 2.95. The minimum atomic E-state index is -1.44. The molecule has 2 N–H and O–H groups in total. The summed E-state index contributed by atoms with van der Waals surface area (Å²) in [6.45, 7) is 6.28. The third-order valence-electron chi connectivity index (χ3n) is 4.50. The molecule has 0 amide bonds. The van der Waals surface area contributed by atoms with Crippen molar-refractivity contribution in [3.8, 4) is 5.75 Å². The number of nitrogens with zero attached hydrogens (tertiary/aromatic N) is 2. The van der Waals surface area contributed by atoms with Crippen LogP contribution in [0.1, 0.15) is 12.8 Å². The van der Waals surface area contributed by atoms with Gasteiger partial charge >= 0.3 is 7.12 Å². The SMILES string of the molecule is OB(O)c1cccc(OCCN2CCN3CCCC3C2)c1. The topological polar surface area (TPSA) is 56.2 Å². The van der Waals surface area contributed by atoms with Gasteiger partial charge < -0.3 is 14.8 Å². The van der Waals surface area contributed by atoms with Crippen LogP contribution in [0.5, 0.6) is 5.75 Å². The van der Waals surface area contributed by atoms with Crippen molar-refractivity contribution in [1.29, 1.82) is 0 Å². The van der Waals surface area contributed by atoms with E-state index >= 15 is 0 Å². The molecule has 5 nitrogen and oxygen atoms in total. The van der Waals surface area contributed by atoms with E-state index < -0.39 is 7.12 Å². The molecule has 1 aromatic rings. The van der Waals surface area contributed by atoms with Crippen LogP contribution in [-0.4, -0.2) is 72.3 Å². The lowest BCUT2D eigenvalue weighted by Gasteiger charge is -2.37. The van der Waals surface area contributed by atoms with Gasteiger partial charge in [0.1, 0.15) is 12.4 Å². The standard InChI is InChI=1S/C15H23BN2O3/c19-16(20)13-3-1-5-15(11-13)21-10-9-17-7-8-18-6-2-4-14(18)12-17/h1,3,5,11,14,19-20H,2,4,6-10,12H2. The zero-order valence-corrected chi connectivity index (χ0v) is 12.3. The van der Waals surface area contributed by atoms with Gasteiger partial charge in [-0.2, -0.15) is 0 Å². The highest BCUT2D eigenvalue weighted by atomic mass is 16.5. The molecule has 114 valence electrons. The van der Waals surface area contributed by atoms with Gasteiger partial charge in [0.2, 0.25) is 0 Å². The first-order valence-electron chi connectivity index (χ1n) is 7.78. The molecule has 6 heteroatoms. The highest BCUT2D eigenvalue weighted by molar-refractivity contribution is 6.58. The monoisotopic (exact) mass is 290 g/mol. The Morgan fingerprint density at radius 2 is 2.14 bits per heavy atom. The summed E-state index contributed by atoms with van der Waals surface area (Å²) in [6.07, 6.45) is 2.67. The molecule has 0 radical (unpaired) electrons. The van der Waals surface area contributed by atoms with Gasteiger partial charge in [-0.3, -0.25) is 9.80 Å². The molecule has 0 aliphatic carbocycles. The molecule has 2 fully saturated rings. The van der Waals surface area contributed by atoms with E-state index in [1.165, 1.54) is 25.9 Å². The van der Waals surface area contributed by atoms with Gasteiger partial charge in [-0.05, 0) is 37.0 Å². The highest BCUT2D eigenvalue weighted by Gasteiger charge is 2.30. The fraction of sp³-hybridized carbons (Fsp3) is 0.600. The molecule has 0 bridgehead atoms. The molecule has 2 aliphatic heterocycles. The van der Waals surface area contributed by atoms with E-state index in [9.17, 15) is 0 Å². The van der Waals surface area contributed by atoms with E-state index in [1.54, 1.807) is 18.2 Å². The molecular formula is C15H23BN2O3. The van der Waals surface area contributed by atoms with Gasteiger partial charge in [-0.25, -0.2) is 0 Å². The maximum absolute atomic E-state index is 9.15. The van der Waals surface area contributed by atoms with Gasteiger partial charge in [-0.15, -0.1) is 0 Å². The van der Waals surface area contributed by atoms with Crippen molar-refractivity contribution in [3.05, 3.63) is 24.3 Å². The third-order valence-corrected chi connectivity index (χ3v) is 4.50. The van der Waals surface area contributed by atoms with Crippen LogP contribution in [0.25, 0.3) is 0 Å². The predicted octanol–water partition coefficient (Wildman–Crippen LogP) is -0.475. The smallest absolute Gasteiger partial charge is 0.488 e. The van der Waals surface area contributed by atoms with Crippen molar-refractivity contribution in [1.82, 2.24) is 9.80 Å². The third kappa shape index (κ3) is 3.77. The van der Waals surface area contributed by atoms with E-state index in [2.05, 4.69) is 9.80 Å². The molecule has 1 unspecified atom stereocenters. The molecule has 0 spiro atoms. The Kier molecular flexibility index (Phi) is 4.80. The summed E-state index contributed by atoms with van der Waals surface area (Å²) in [7, 11) is -1.44. The number of benzene rings is 1. The Hall–Kier alpha value is -1.08. The Balaban J connectivity index is 1.44. The van der Waals surface area contributed by atoms with E-state index in [-0.39, 0.29) is 0 Å². The number of hydrogen-bond donors (Lipinski definition) is 2. The van der Waals surface area contributed by atoms with Crippen LogP contribution >= 0.6 is 0 Å². The fourth-order valence-electron chi connectivity index (χ4n) is 3.32. The van der Waals surface area contributed by atoms with Crippen LogP contribution in [0.3, 0.4) is 0 Å². The minimum Gasteiger partial charge on any atom is -0.492 e. The quantitative estimate of drug-likeness (QED) is 0.718. The van der Waals surface area contributed by atoms with Gasteiger partial charge in [0, 0.05) is 32.2 Å². The summed E-state index contributed by atoms with van der Waals surface area (Å²) < 4.78 is 5.73. The first kappa shape index (κ1) is 14.8. The fourth-order valence-corrected chi connectivity index (χ4v) is 3.32. The zero-order chi connectivity index (χ0) is 14.7. The lowest BCUT2D eigenvalue weighted by Crippen LogP contribution is -2.50. The number of piperazine rings is 1. The molecule has 2 aliphatic rings. The molecule has 21 heavy (non-hydrogen) atoms. The van der Waals surface area contributed by atoms with E-state index in [0.29, 0.717) is 17.8 Å². The van der Waals surface area contributed by atoms with Crippen LogP contribution in [0.15, 0.2) is 24.3 Å². The van der Waals surface area contributed by atoms with Gasteiger partial charge in [-0.1, -0.05) is 12.1 Å². The largest absolute Gasteiger partial charge is 0.492 e. The highest BCUT2D eigenvalue weighted by Crippen LogP contribution is 2.21. The molecular weight excluding hydrogens is 267 g/mol. The van der Waals surface area contributed by atoms with E-state index in [0.717, 1.165) is 25.7 Å². The molecule has 0 saturated carbocycles. The maximum atomic E-state index is 9.15. The Labute approximate surface area is 126 Å². The predicted molar refractivity (Wildman–Crippen MR) is 82.8 cm³/mol. The summed E-state index contributed by atoms with van der Waals surface area (Å²) >= 11 is 0. The van der Waals surface area contributed by atoms with E-state index in [4.69, 9.17) is 14.8 Å². The molecule has 1 aromatic carbocycles. The van der Waals surface area contributed by atoms with Crippen LogP contribution in [0.2, 0.25) is 0 Å². The van der Waals surface area contributed by atoms with E-state index in [1.807, 2.05) is 6.07 Å². The summed E-state index contributed by atoms with van der Waals surface area (Å²) in [6, 6.07) is 7.73. The number of fused-ring (bicyclic) bond motifs is 1. The minimum absolute atomic E-state index is 0.465. The van der Waals surface area contributed by atoms with Crippen molar-refractivity contribution in [3.63, 3.8) is 0 Å². The molecule has 2 saturated heterocycles. The second-order valence-electron chi connectivity index (χ2n) is 5.93. The Bertz CT molecular complexity index is 472. The number of rotatable bonds is 5. The summed E-state index contributed by atoms with van der Waals surface area (Å²) in [5.41, 5.74) is 0.465. The average molecular weight is 290 g/mol. The lowest BCUT2D eigenvalue weighted by atomic mass is 9.80. The first-order chi connectivity index (χ1) is 10.2. The van der Waals surface area contributed by atoms with Crippen molar-refractivity contribution in [2.24, 2.45) is 0 Å². The second kappa shape index (κ2) is 6.79. The van der Waals surface area contributed by atoms with Gasteiger partial charge in [0.25, 0.3) is 0 Å². The maximum Gasteiger partial charge on any atom is 0.488 e. The molecule has 3 rings (SSSR count). The van der Waals surface area contributed by atoms with Gasteiger partial charge in [0.05, 0.1) is 0 Å². The molecule has 0 aromatic heterocycles. The van der Waals surface area contributed by atoms with Crippen LogP contribution in [-0.2, 0) is 0 Å². The van der Waals surface area contributed by atoms with Crippen LogP contribution in [0.4, 0.5) is 0 Å². The first-order valence-corrected chi connectivity index (χ1v) is 7.78. The number of hydrogen-bond acceptors (Lipinski definition) is 5. The van der Waals surface area contributed by atoms with Crippen molar-refractivity contribution in [2.75, 3.05) is 39.3 Å². The second-order valence-corrected chi connectivity index (χ2v) is 5.93. The van der Waals surface area contributed by atoms with Crippen molar-refractivity contribution < 1.29 is 14.8 Å². The van der Waals surface area contributed by atoms with Gasteiger partial charge in [0.15, 0.2) is 0 Å².